The van der Waals surface area contributed by atoms with Crippen LogP contribution in [0.25, 0.3) is 11.4 Å². The summed E-state index contributed by atoms with van der Waals surface area (Å²) < 4.78 is 16.2. The Balaban J connectivity index is 1.45. The standard InChI is InChI=1S/C20H27N3O4/c1-23(13-5-7-15-8-6-14-26-15)19(24)12-11-18-21-20(22-27-18)16-9-3-4-10-17(16)25-2/h3-4,9-10,15H,5-8,11-14H2,1-2H3. The van der Waals surface area contributed by atoms with Crippen molar-refractivity contribution in [1.29, 1.82) is 0 Å². The number of amides is 1. The normalized spacial score (nSPS) is 16.4. The molecule has 0 N–H and O–H groups in total. The lowest BCUT2D eigenvalue weighted by Gasteiger charge is -2.17. The van der Waals surface area contributed by atoms with Gasteiger partial charge in [0.25, 0.3) is 0 Å². The van der Waals surface area contributed by atoms with Gasteiger partial charge in [0.2, 0.25) is 17.6 Å². The van der Waals surface area contributed by atoms with Crippen LogP contribution in [0.2, 0.25) is 0 Å². The lowest BCUT2D eigenvalue weighted by molar-refractivity contribution is -0.130. The fourth-order valence-corrected chi connectivity index (χ4v) is 3.25. The van der Waals surface area contributed by atoms with Crippen LogP contribution in [0.5, 0.6) is 5.75 Å². The number of para-hydroxylation sites is 1. The Labute approximate surface area is 159 Å². The van der Waals surface area contributed by atoms with E-state index >= 15 is 0 Å². The van der Waals surface area contributed by atoms with Crippen molar-refractivity contribution in [3.8, 4) is 17.1 Å². The summed E-state index contributed by atoms with van der Waals surface area (Å²) >= 11 is 0. The molecule has 1 unspecified atom stereocenters. The van der Waals surface area contributed by atoms with Gasteiger partial charge in [0.15, 0.2) is 0 Å². The highest BCUT2D eigenvalue weighted by Gasteiger charge is 2.17. The minimum Gasteiger partial charge on any atom is -0.496 e. The molecule has 1 aromatic carbocycles. The van der Waals surface area contributed by atoms with E-state index < -0.39 is 0 Å². The van der Waals surface area contributed by atoms with E-state index in [9.17, 15) is 4.79 Å². The van der Waals surface area contributed by atoms with Crippen molar-refractivity contribution in [3.05, 3.63) is 30.2 Å². The van der Waals surface area contributed by atoms with Crippen LogP contribution in [-0.2, 0) is 16.0 Å². The van der Waals surface area contributed by atoms with E-state index in [1.165, 1.54) is 0 Å². The number of benzene rings is 1. The molecule has 1 aliphatic heterocycles. The predicted octanol–water partition coefficient (Wildman–Crippen LogP) is 3.10. The minimum atomic E-state index is 0.0828. The van der Waals surface area contributed by atoms with E-state index in [-0.39, 0.29) is 5.91 Å². The predicted molar refractivity (Wildman–Crippen MR) is 100 cm³/mol. The van der Waals surface area contributed by atoms with E-state index in [4.69, 9.17) is 14.0 Å². The third-order valence-corrected chi connectivity index (χ3v) is 4.84. The molecule has 1 aliphatic rings. The maximum Gasteiger partial charge on any atom is 0.227 e. The smallest absolute Gasteiger partial charge is 0.227 e. The van der Waals surface area contributed by atoms with Gasteiger partial charge in [-0.3, -0.25) is 4.79 Å². The van der Waals surface area contributed by atoms with Gasteiger partial charge in [-0.15, -0.1) is 0 Å². The van der Waals surface area contributed by atoms with E-state index in [1.807, 2.05) is 31.3 Å². The third kappa shape index (κ3) is 5.29. The topological polar surface area (TPSA) is 77.7 Å². The highest BCUT2D eigenvalue weighted by molar-refractivity contribution is 5.76. The molecule has 0 radical (unpaired) electrons. The van der Waals surface area contributed by atoms with Gasteiger partial charge in [0.1, 0.15) is 5.75 Å². The summed E-state index contributed by atoms with van der Waals surface area (Å²) in [6.07, 6.45) is 5.43. The Morgan fingerprint density at radius 2 is 2.22 bits per heavy atom. The van der Waals surface area contributed by atoms with Gasteiger partial charge in [-0.05, 0) is 37.8 Å². The van der Waals surface area contributed by atoms with Crippen molar-refractivity contribution >= 4 is 5.91 Å². The van der Waals surface area contributed by atoms with Crippen molar-refractivity contribution in [2.75, 3.05) is 27.3 Å². The zero-order chi connectivity index (χ0) is 19.1. The lowest BCUT2D eigenvalue weighted by Crippen LogP contribution is -2.28. The first-order chi connectivity index (χ1) is 13.2. The summed E-state index contributed by atoms with van der Waals surface area (Å²) in [5, 5.41) is 4.01. The second kappa shape index (κ2) is 9.50. The Morgan fingerprint density at radius 1 is 1.37 bits per heavy atom. The summed E-state index contributed by atoms with van der Waals surface area (Å²) in [5.41, 5.74) is 0.771. The largest absolute Gasteiger partial charge is 0.496 e. The molecule has 1 aromatic heterocycles. The number of nitrogens with zero attached hydrogens (tertiary/aromatic N) is 3. The molecule has 1 fully saturated rings. The van der Waals surface area contributed by atoms with E-state index in [2.05, 4.69) is 10.1 Å². The van der Waals surface area contributed by atoms with E-state index in [0.717, 1.165) is 44.4 Å². The number of ether oxygens (including phenoxy) is 2. The summed E-state index contributed by atoms with van der Waals surface area (Å²) in [4.78, 5) is 18.5. The maximum absolute atomic E-state index is 12.3. The quantitative estimate of drug-likeness (QED) is 0.672. The monoisotopic (exact) mass is 373 g/mol. The first-order valence-corrected chi connectivity index (χ1v) is 9.49. The van der Waals surface area contributed by atoms with Crippen molar-refractivity contribution in [2.24, 2.45) is 0 Å². The molecule has 0 aliphatic carbocycles. The van der Waals surface area contributed by atoms with Crippen LogP contribution in [-0.4, -0.2) is 54.4 Å². The Hall–Kier alpha value is -2.41. The molecule has 7 nitrogen and oxygen atoms in total. The second-order valence-corrected chi connectivity index (χ2v) is 6.80. The van der Waals surface area contributed by atoms with Crippen LogP contribution in [0, 0.1) is 0 Å². The van der Waals surface area contributed by atoms with Crippen molar-refractivity contribution in [3.63, 3.8) is 0 Å². The number of carbonyl (C=O) groups excluding carboxylic acids is 1. The van der Waals surface area contributed by atoms with Gasteiger partial charge in [-0.1, -0.05) is 17.3 Å². The van der Waals surface area contributed by atoms with E-state index in [0.29, 0.717) is 36.4 Å². The van der Waals surface area contributed by atoms with Gasteiger partial charge >= 0.3 is 0 Å². The maximum atomic E-state index is 12.3. The number of hydrogen-bond acceptors (Lipinski definition) is 6. The van der Waals surface area contributed by atoms with Gasteiger partial charge in [-0.2, -0.15) is 4.98 Å². The van der Waals surface area contributed by atoms with Crippen LogP contribution < -0.4 is 4.74 Å². The Bertz CT molecular complexity index is 740. The molecule has 1 amide bonds. The van der Waals surface area contributed by atoms with Crippen molar-refractivity contribution in [2.45, 2.75) is 44.6 Å². The first-order valence-electron chi connectivity index (χ1n) is 9.49. The first kappa shape index (κ1) is 19.4. The molecule has 146 valence electrons. The van der Waals surface area contributed by atoms with Gasteiger partial charge in [0, 0.05) is 33.0 Å². The fourth-order valence-electron chi connectivity index (χ4n) is 3.25. The summed E-state index contributed by atoms with van der Waals surface area (Å²) in [6, 6.07) is 7.50. The number of carbonyl (C=O) groups is 1. The minimum absolute atomic E-state index is 0.0828. The Morgan fingerprint density at radius 3 is 3.00 bits per heavy atom. The summed E-state index contributed by atoms with van der Waals surface area (Å²) in [5.74, 6) is 1.70. The lowest BCUT2D eigenvalue weighted by atomic mass is 10.1. The molecule has 3 rings (SSSR count). The van der Waals surface area contributed by atoms with Crippen LogP contribution in [0.4, 0.5) is 0 Å². The number of rotatable bonds is 9. The van der Waals surface area contributed by atoms with E-state index in [1.54, 1.807) is 12.0 Å². The molecule has 0 bridgehead atoms. The van der Waals surface area contributed by atoms with Crippen molar-refractivity contribution < 1.29 is 18.8 Å². The second-order valence-electron chi connectivity index (χ2n) is 6.80. The molecule has 7 heteroatoms. The summed E-state index contributed by atoms with van der Waals surface area (Å²) in [6.45, 7) is 1.62. The fraction of sp³-hybridized carbons (Fsp3) is 0.550. The molecule has 1 atom stereocenters. The van der Waals surface area contributed by atoms with Crippen LogP contribution in [0.3, 0.4) is 0 Å². The average molecular weight is 373 g/mol. The van der Waals surface area contributed by atoms with Gasteiger partial charge < -0.3 is 18.9 Å². The summed E-state index contributed by atoms with van der Waals surface area (Å²) in [7, 11) is 3.44. The van der Waals surface area contributed by atoms with Crippen LogP contribution in [0.1, 0.15) is 38.0 Å². The molecular weight excluding hydrogens is 346 g/mol. The molecule has 0 spiro atoms. The molecule has 2 aromatic rings. The van der Waals surface area contributed by atoms with Gasteiger partial charge in [0.05, 0.1) is 18.8 Å². The zero-order valence-corrected chi connectivity index (χ0v) is 16.0. The highest BCUT2D eigenvalue weighted by atomic mass is 16.5. The molecule has 2 heterocycles. The molecular formula is C20H27N3O4. The highest BCUT2D eigenvalue weighted by Crippen LogP contribution is 2.27. The molecule has 0 saturated carbocycles. The Kier molecular flexibility index (Phi) is 6.81. The molecule has 27 heavy (non-hydrogen) atoms. The van der Waals surface area contributed by atoms with Crippen LogP contribution in [0.15, 0.2) is 28.8 Å². The SMILES string of the molecule is COc1ccccc1-c1noc(CCC(=O)N(C)CCCC2CCCO2)n1. The number of methoxy groups -OCH3 is 1. The zero-order valence-electron chi connectivity index (χ0n) is 16.0. The third-order valence-electron chi connectivity index (χ3n) is 4.84. The number of hydrogen-bond donors (Lipinski definition) is 0. The van der Waals surface area contributed by atoms with Crippen molar-refractivity contribution in [1.82, 2.24) is 15.0 Å². The van der Waals surface area contributed by atoms with Gasteiger partial charge in [-0.25, -0.2) is 0 Å². The molecule has 1 saturated heterocycles. The average Bonchev–Trinajstić information content (AvgIpc) is 3.38. The van der Waals surface area contributed by atoms with Crippen LogP contribution >= 0.6 is 0 Å². The number of aryl methyl sites for hydroxylation is 1. The number of aromatic nitrogens is 2.